The molecule has 0 amide bonds. The quantitative estimate of drug-likeness (QED) is 0.817. The van der Waals surface area contributed by atoms with E-state index < -0.39 is 0 Å². The van der Waals surface area contributed by atoms with Crippen molar-refractivity contribution in [3.05, 3.63) is 23.9 Å². The minimum atomic E-state index is 0.510. The van der Waals surface area contributed by atoms with Crippen LogP contribution in [0.2, 0.25) is 0 Å². The van der Waals surface area contributed by atoms with Crippen LogP contribution in [0.3, 0.4) is 0 Å². The predicted molar refractivity (Wildman–Crippen MR) is 73.4 cm³/mol. The summed E-state index contributed by atoms with van der Waals surface area (Å²) in [6.45, 7) is 6.72. The Labute approximate surface area is 109 Å². The van der Waals surface area contributed by atoms with Gasteiger partial charge in [-0.15, -0.1) is 0 Å². The van der Waals surface area contributed by atoms with Crippen LogP contribution in [0.4, 0.5) is 5.82 Å². The van der Waals surface area contributed by atoms with Crippen molar-refractivity contribution >= 4 is 5.82 Å². The first-order chi connectivity index (χ1) is 8.73. The normalized spacial score (nSPS) is 18.4. The highest BCUT2D eigenvalue weighted by atomic mass is 15.2. The van der Waals surface area contributed by atoms with Gasteiger partial charge >= 0.3 is 0 Å². The van der Waals surface area contributed by atoms with E-state index in [-0.39, 0.29) is 0 Å². The lowest BCUT2D eigenvalue weighted by Gasteiger charge is -2.41. The standard InChI is InChI=1S/C15H21N3/c1-3-15(4-2)8-10-18(11-9-15)14-7-5-6-13(12-16)17-14/h5-7H,3-4,8-11H2,1-2H3. The Balaban J connectivity index is 2.07. The molecule has 0 radical (unpaired) electrons. The Morgan fingerprint density at radius 3 is 2.50 bits per heavy atom. The minimum Gasteiger partial charge on any atom is -0.357 e. The maximum Gasteiger partial charge on any atom is 0.142 e. The van der Waals surface area contributed by atoms with Crippen LogP contribution in [0, 0.1) is 16.7 Å². The van der Waals surface area contributed by atoms with Crippen LogP contribution in [0.5, 0.6) is 0 Å². The fourth-order valence-corrected chi connectivity index (χ4v) is 2.83. The predicted octanol–water partition coefficient (Wildman–Crippen LogP) is 3.36. The topological polar surface area (TPSA) is 39.9 Å². The van der Waals surface area contributed by atoms with Crippen LogP contribution in [0.25, 0.3) is 0 Å². The van der Waals surface area contributed by atoms with Gasteiger partial charge in [0.25, 0.3) is 0 Å². The fourth-order valence-electron chi connectivity index (χ4n) is 2.83. The van der Waals surface area contributed by atoms with Gasteiger partial charge in [0.15, 0.2) is 0 Å². The molecular formula is C15H21N3. The molecule has 96 valence electrons. The van der Waals surface area contributed by atoms with E-state index >= 15 is 0 Å². The van der Waals surface area contributed by atoms with Crippen LogP contribution in [-0.4, -0.2) is 18.1 Å². The van der Waals surface area contributed by atoms with Crippen LogP contribution in [0.1, 0.15) is 45.2 Å². The molecular weight excluding hydrogens is 222 g/mol. The van der Waals surface area contributed by atoms with E-state index in [2.05, 4.69) is 29.8 Å². The summed E-state index contributed by atoms with van der Waals surface area (Å²) >= 11 is 0. The van der Waals surface area contributed by atoms with Crippen molar-refractivity contribution in [3.63, 3.8) is 0 Å². The SMILES string of the molecule is CCC1(CC)CCN(c2cccc(C#N)n2)CC1. The second-order valence-corrected chi connectivity index (χ2v) is 5.19. The Morgan fingerprint density at radius 1 is 1.28 bits per heavy atom. The van der Waals surface area contributed by atoms with Crippen molar-refractivity contribution in [2.24, 2.45) is 5.41 Å². The average Bonchev–Trinajstić information content (AvgIpc) is 2.47. The number of anilines is 1. The molecule has 0 N–H and O–H groups in total. The zero-order chi connectivity index (χ0) is 13.0. The molecule has 1 aromatic heterocycles. The van der Waals surface area contributed by atoms with Crippen LogP contribution in [0.15, 0.2) is 18.2 Å². The molecule has 1 aromatic rings. The fraction of sp³-hybridized carbons (Fsp3) is 0.600. The summed E-state index contributed by atoms with van der Waals surface area (Å²) < 4.78 is 0. The number of hydrogen-bond acceptors (Lipinski definition) is 3. The summed E-state index contributed by atoms with van der Waals surface area (Å²) in [5.74, 6) is 0.954. The van der Waals surface area contributed by atoms with Crippen molar-refractivity contribution in [1.29, 1.82) is 5.26 Å². The van der Waals surface area contributed by atoms with Crippen molar-refractivity contribution in [2.75, 3.05) is 18.0 Å². The van der Waals surface area contributed by atoms with E-state index in [1.54, 1.807) is 6.07 Å². The molecule has 0 aliphatic carbocycles. The molecule has 0 unspecified atom stereocenters. The van der Waals surface area contributed by atoms with E-state index in [1.807, 2.05) is 12.1 Å². The summed E-state index contributed by atoms with van der Waals surface area (Å²) in [6, 6.07) is 7.79. The third-order valence-electron chi connectivity index (χ3n) is 4.50. The average molecular weight is 243 g/mol. The third-order valence-corrected chi connectivity index (χ3v) is 4.50. The summed E-state index contributed by atoms with van der Waals surface area (Å²) in [4.78, 5) is 6.69. The highest BCUT2D eigenvalue weighted by molar-refractivity contribution is 5.42. The van der Waals surface area contributed by atoms with Gasteiger partial charge in [-0.1, -0.05) is 32.8 Å². The van der Waals surface area contributed by atoms with Crippen molar-refractivity contribution in [3.8, 4) is 6.07 Å². The highest BCUT2D eigenvalue weighted by Gasteiger charge is 2.31. The first-order valence-electron chi connectivity index (χ1n) is 6.85. The lowest BCUT2D eigenvalue weighted by molar-refractivity contribution is 0.199. The van der Waals surface area contributed by atoms with Crippen LogP contribution in [-0.2, 0) is 0 Å². The molecule has 0 aromatic carbocycles. The van der Waals surface area contributed by atoms with Gasteiger partial charge in [0.1, 0.15) is 17.6 Å². The van der Waals surface area contributed by atoms with E-state index in [0.29, 0.717) is 11.1 Å². The molecule has 0 saturated carbocycles. The van der Waals surface area contributed by atoms with Gasteiger partial charge in [-0.25, -0.2) is 4.98 Å². The highest BCUT2D eigenvalue weighted by Crippen LogP contribution is 2.38. The summed E-state index contributed by atoms with van der Waals surface area (Å²) in [5.41, 5.74) is 1.04. The van der Waals surface area contributed by atoms with Gasteiger partial charge in [0.05, 0.1) is 0 Å². The molecule has 2 heterocycles. The number of piperidine rings is 1. The van der Waals surface area contributed by atoms with Gasteiger partial charge in [-0.05, 0) is 30.4 Å². The van der Waals surface area contributed by atoms with E-state index in [0.717, 1.165) is 18.9 Å². The van der Waals surface area contributed by atoms with Crippen LogP contribution < -0.4 is 4.90 Å². The first kappa shape index (κ1) is 12.9. The van der Waals surface area contributed by atoms with E-state index in [1.165, 1.54) is 25.7 Å². The maximum atomic E-state index is 8.89. The van der Waals surface area contributed by atoms with Crippen molar-refractivity contribution in [1.82, 2.24) is 4.98 Å². The molecule has 1 aliphatic rings. The molecule has 0 bridgehead atoms. The number of nitrogens with zero attached hydrogens (tertiary/aromatic N) is 3. The third kappa shape index (κ3) is 2.48. The summed E-state index contributed by atoms with van der Waals surface area (Å²) in [5, 5.41) is 8.89. The molecule has 0 atom stereocenters. The van der Waals surface area contributed by atoms with Crippen molar-refractivity contribution < 1.29 is 0 Å². The number of pyridine rings is 1. The summed E-state index contributed by atoms with van der Waals surface area (Å²) in [6.07, 6.45) is 5.00. The van der Waals surface area contributed by atoms with E-state index in [9.17, 15) is 0 Å². The zero-order valence-electron chi connectivity index (χ0n) is 11.3. The first-order valence-corrected chi connectivity index (χ1v) is 6.85. The van der Waals surface area contributed by atoms with Gasteiger partial charge in [0, 0.05) is 13.1 Å². The van der Waals surface area contributed by atoms with Gasteiger partial charge in [-0.2, -0.15) is 5.26 Å². The smallest absolute Gasteiger partial charge is 0.142 e. The zero-order valence-corrected chi connectivity index (χ0v) is 11.3. The lowest BCUT2D eigenvalue weighted by Crippen LogP contribution is -2.40. The molecule has 2 rings (SSSR count). The molecule has 1 fully saturated rings. The minimum absolute atomic E-state index is 0.510. The Morgan fingerprint density at radius 2 is 1.94 bits per heavy atom. The number of nitriles is 1. The monoisotopic (exact) mass is 243 g/mol. The Kier molecular flexibility index (Phi) is 3.86. The van der Waals surface area contributed by atoms with E-state index in [4.69, 9.17) is 5.26 Å². The molecule has 18 heavy (non-hydrogen) atoms. The number of aromatic nitrogens is 1. The lowest BCUT2D eigenvalue weighted by atomic mass is 9.74. The molecule has 1 aliphatic heterocycles. The van der Waals surface area contributed by atoms with Gasteiger partial charge in [-0.3, -0.25) is 0 Å². The molecule has 1 saturated heterocycles. The second-order valence-electron chi connectivity index (χ2n) is 5.19. The van der Waals surface area contributed by atoms with Crippen LogP contribution >= 0.6 is 0 Å². The maximum absolute atomic E-state index is 8.89. The van der Waals surface area contributed by atoms with Gasteiger partial charge in [0.2, 0.25) is 0 Å². The van der Waals surface area contributed by atoms with Gasteiger partial charge < -0.3 is 4.90 Å². The molecule has 3 heteroatoms. The Bertz CT molecular complexity index is 433. The van der Waals surface area contributed by atoms with Crippen molar-refractivity contribution in [2.45, 2.75) is 39.5 Å². The molecule has 0 spiro atoms. The molecule has 3 nitrogen and oxygen atoms in total. The summed E-state index contributed by atoms with van der Waals surface area (Å²) in [7, 11) is 0. The second kappa shape index (κ2) is 5.39. The largest absolute Gasteiger partial charge is 0.357 e. The Hall–Kier alpha value is -1.56. The number of hydrogen-bond donors (Lipinski definition) is 0. The number of rotatable bonds is 3.